The zero-order valence-electron chi connectivity index (χ0n) is 14.8. The number of halogens is 1. The average Bonchev–Trinajstić information content (AvgIpc) is 3.02. The topological polar surface area (TPSA) is 76.0 Å². The molecular weight excluding hydrogens is 396 g/mol. The van der Waals surface area contributed by atoms with E-state index >= 15 is 0 Å². The largest absolute Gasteiger partial charge is 0.359 e. The zero-order chi connectivity index (χ0) is 19.7. The fourth-order valence-electron chi connectivity index (χ4n) is 3.28. The number of amides is 1. The maximum Gasteiger partial charge on any atom is 0.257 e. The number of benzene rings is 2. The fourth-order valence-corrected chi connectivity index (χ4v) is 3.77. The number of nitrogens with zero attached hydrogens (tertiary/aromatic N) is 2. The lowest BCUT2D eigenvalue weighted by Crippen LogP contribution is -2.29. The Kier molecular flexibility index (Phi) is 5.11. The van der Waals surface area contributed by atoms with E-state index in [0.29, 0.717) is 23.8 Å². The van der Waals surface area contributed by atoms with Crippen molar-refractivity contribution >= 4 is 52.4 Å². The third-order valence-electron chi connectivity index (χ3n) is 4.66. The number of anilines is 1. The molecule has 8 heteroatoms. The molecule has 1 aliphatic heterocycles. The predicted molar refractivity (Wildman–Crippen MR) is 111 cm³/mol. The van der Waals surface area contributed by atoms with Crippen LogP contribution in [0.4, 0.5) is 5.82 Å². The van der Waals surface area contributed by atoms with Gasteiger partial charge in [-0.05, 0) is 48.5 Å². The Hall–Kier alpha value is -2.77. The number of aromatic nitrogens is 2. The van der Waals surface area contributed by atoms with Gasteiger partial charge in [0.05, 0.1) is 5.52 Å². The second kappa shape index (κ2) is 7.69. The highest BCUT2D eigenvalue weighted by Gasteiger charge is 2.31. The third-order valence-corrected chi connectivity index (χ3v) is 5.17. The SMILES string of the molecule is O=C(CCC1Nc2c3ccccc3nc(=S)n2C1=O)NCc1cccc(Cl)c1. The molecule has 1 atom stereocenters. The van der Waals surface area contributed by atoms with Crippen molar-refractivity contribution in [2.24, 2.45) is 0 Å². The summed E-state index contributed by atoms with van der Waals surface area (Å²) in [6.07, 6.45) is 0.585. The van der Waals surface area contributed by atoms with Crippen molar-refractivity contribution in [3.8, 4) is 0 Å². The number of nitrogens with one attached hydrogen (secondary N) is 2. The van der Waals surface area contributed by atoms with Crippen LogP contribution in [-0.4, -0.2) is 27.4 Å². The maximum absolute atomic E-state index is 12.7. The Morgan fingerprint density at radius 1 is 1.25 bits per heavy atom. The Morgan fingerprint density at radius 2 is 2.07 bits per heavy atom. The molecule has 0 spiro atoms. The number of carbonyl (C=O) groups excluding carboxylic acids is 2. The van der Waals surface area contributed by atoms with E-state index in [1.54, 1.807) is 12.1 Å². The minimum Gasteiger partial charge on any atom is -0.359 e. The minimum absolute atomic E-state index is 0.128. The molecule has 0 fully saturated rings. The summed E-state index contributed by atoms with van der Waals surface area (Å²) in [5.74, 6) is 0.336. The zero-order valence-corrected chi connectivity index (χ0v) is 16.4. The van der Waals surface area contributed by atoms with E-state index in [1.165, 1.54) is 4.57 Å². The second-order valence-corrected chi connectivity index (χ2v) is 7.38. The van der Waals surface area contributed by atoms with Gasteiger partial charge in [-0.2, -0.15) is 0 Å². The molecule has 0 radical (unpaired) electrons. The lowest BCUT2D eigenvalue weighted by molar-refractivity contribution is -0.121. The quantitative estimate of drug-likeness (QED) is 0.620. The van der Waals surface area contributed by atoms with Gasteiger partial charge >= 0.3 is 0 Å². The number of fused-ring (bicyclic) bond motifs is 3. The van der Waals surface area contributed by atoms with E-state index < -0.39 is 6.04 Å². The van der Waals surface area contributed by atoms with Gasteiger partial charge in [0.25, 0.3) is 5.91 Å². The molecule has 1 unspecified atom stereocenters. The molecule has 3 aromatic rings. The summed E-state index contributed by atoms with van der Waals surface area (Å²) >= 11 is 11.2. The lowest BCUT2D eigenvalue weighted by Gasteiger charge is -2.09. The first-order chi connectivity index (χ1) is 13.5. The summed E-state index contributed by atoms with van der Waals surface area (Å²) in [6.45, 7) is 0.394. The molecule has 0 bridgehead atoms. The molecule has 142 valence electrons. The summed E-state index contributed by atoms with van der Waals surface area (Å²) in [5.41, 5.74) is 1.66. The van der Waals surface area contributed by atoms with Crippen LogP contribution in [-0.2, 0) is 11.3 Å². The Labute approximate surface area is 171 Å². The first-order valence-electron chi connectivity index (χ1n) is 8.86. The number of hydrogen-bond acceptors (Lipinski definition) is 5. The van der Waals surface area contributed by atoms with E-state index in [0.717, 1.165) is 16.5 Å². The molecule has 2 aromatic carbocycles. The molecular formula is C20H17ClN4O2S. The van der Waals surface area contributed by atoms with Gasteiger partial charge in [-0.15, -0.1) is 0 Å². The van der Waals surface area contributed by atoms with Crippen molar-refractivity contribution in [3.05, 3.63) is 63.9 Å². The lowest BCUT2D eigenvalue weighted by atomic mass is 10.1. The molecule has 0 saturated heterocycles. The number of hydrogen-bond donors (Lipinski definition) is 2. The first kappa shape index (κ1) is 18.6. The van der Waals surface area contributed by atoms with Crippen molar-refractivity contribution in [3.63, 3.8) is 0 Å². The van der Waals surface area contributed by atoms with Gasteiger partial charge in [0.1, 0.15) is 11.9 Å². The second-order valence-electron chi connectivity index (χ2n) is 6.58. The van der Waals surface area contributed by atoms with Crippen molar-refractivity contribution in [2.75, 3.05) is 5.32 Å². The van der Waals surface area contributed by atoms with Gasteiger partial charge in [-0.1, -0.05) is 35.9 Å². The highest BCUT2D eigenvalue weighted by Crippen LogP contribution is 2.29. The molecule has 0 aliphatic carbocycles. The minimum atomic E-state index is -0.508. The average molecular weight is 413 g/mol. The summed E-state index contributed by atoms with van der Waals surface area (Å²) in [6, 6.07) is 14.3. The summed E-state index contributed by atoms with van der Waals surface area (Å²) < 4.78 is 1.64. The van der Waals surface area contributed by atoms with E-state index in [2.05, 4.69) is 15.6 Å². The van der Waals surface area contributed by atoms with Gasteiger partial charge in [0.15, 0.2) is 0 Å². The van der Waals surface area contributed by atoms with Crippen LogP contribution in [0.2, 0.25) is 5.02 Å². The number of para-hydroxylation sites is 1. The monoisotopic (exact) mass is 412 g/mol. The normalized spacial score (nSPS) is 15.3. The predicted octanol–water partition coefficient (Wildman–Crippen LogP) is 3.95. The van der Waals surface area contributed by atoms with Crippen molar-refractivity contribution in [1.82, 2.24) is 14.9 Å². The van der Waals surface area contributed by atoms with Crippen molar-refractivity contribution in [1.29, 1.82) is 0 Å². The van der Waals surface area contributed by atoms with Gasteiger partial charge in [-0.25, -0.2) is 9.55 Å². The van der Waals surface area contributed by atoms with E-state index in [9.17, 15) is 9.59 Å². The van der Waals surface area contributed by atoms with Gasteiger partial charge in [0, 0.05) is 23.4 Å². The smallest absolute Gasteiger partial charge is 0.257 e. The molecule has 2 N–H and O–H groups in total. The summed E-state index contributed by atoms with van der Waals surface area (Å²) in [4.78, 5) is 29.3. The Balaban J connectivity index is 1.41. The van der Waals surface area contributed by atoms with Crippen LogP contribution in [0.15, 0.2) is 48.5 Å². The fraction of sp³-hybridized carbons (Fsp3) is 0.200. The van der Waals surface area contributed by atoms with Gasteiger partial charge < -0.3 is 10.6 Å². The Bertz CT molecular complexity index is 1140. The van der Waals surface area contributed by atoms with Crippen LogP contribution < -0.4 is 10.6 Å². The van der Waals surface area contributed by atoms with Crippen molar-refractivity contribution < 1.29 is 9.59 Å². The van der Waals surface area contributed by atoms with Crippen LogP contribution in [0.5, 0.6) is 0 Å². The molecule has 1 aromatic heterocycles. The molecule has 6 nitrogen and oxygen atoms in total. The first-order valence-corrected chi connectivity index (χ1v) is 9.65. The van der Waals surface area contributed by atoms with E-state index in [4.69, 9.17) is 23.8 Å². The highest BCUT2D eigenvalue weighted by molar-refractivity contribution is 7.71. The molecule has 0 saturated carbocycles. The highest BCUT2D eigenvalue weighted by atomic mass is 35.5. The molecule has 2 heterocycles. The standard InChI is InChI=1S/C20H17ClN4O2S/c21-13-5-3-4-12(10-13)11-22-17(26)9-8-16-19(27)25-18(23-16)14-6-1-2-7-15(14)24-20(25)28/h1-7,10,16,23H,8-9,11H2,(H,22,26). The summed E-state index contributed by atoms with van der Waals surface area (Å²) in [7, 11) is 0. The number of rotatable bonds is 5. The summed E-state index contributed by atoms with van der Waals surface area (Å²) in [5, 5.41) is 7.52. The van der Waals surface area contributed by atoms with Crippen LogP contribution in [0.1, 0.15) is 23.2 Å². The van der Waals surface area contributed by atoms with Crippen LogP contribution in [0, 0.1) is 4.77 Å². The molecule has 1 aliphatic rings. The molecule has 28 heavy (non-hydrogen) atoms. The number of carbonyl (C=O) groups is 2. The molecule has 1 amide bonds. The third kappa shape index (κ3) is 3.63. The maximum atomic E-state index is 12.7. The van der Waals surface area contributed by atoms with E-state index in [1.807, 2.05) is 36.4 Å². The molecule has 4 rings (SSSR count). The van der Waals surface area contributed by atoms with Gasteiger partial charge in [-0.3, -0.25) is 9.59 Å². The van der Waals surface area contributed by atoms with Gasteiger partial charge in [0.2, 0.25) is 10.7 Å². The van der Waals surface area contributed by atoms with Crippen LogP contribution in [0.25, 0.3) is 10.9 Å². The van der Waals surface area contributed by atoms with Crippen LogP contribution >= 0.6 is 23.8 Å². The van der Waals surface area contributed by atoms with Crippen LogP contribution in [0.3, 0.4) is 0 Å². The van der Waals surface area contributed by atoms with E-state index in [-0.39, 0.29) is 23.0 Å². The van der Waals surface area contributed by atoms with Crippen molar-refractivity contribution in [2.45, 2.75) is 25.4 Å². The Morgan fingerprint density at radius 3 is 2.89 bits per heavy atom.